The van der Waals surface area contributed by atoms with Crippen LogP contribution in [-0.4, -0.2) is 69.8 Å². The molecule has 4 aromatic rings. The molecule has 6 rings (SSSR count). The SMILES string of the molecule is O=C(CCCc1ccc2ccc3cccc4ccc1c2c34)NCCCC[C@@H](NC(=O)CI)C(=O)NNC(=O)CCCC[C@@H]1SC[C@@H]2NC(=O)N[C@@H]21. The number of aryl methyl sites for hydroxylation is 1. The Morgan fingerprint density at radius 1 is 0.804 bits per heavy atom. The molecule has 0 bridgehead atoms. The number of rotatable bonds is 17. The largest absolute Gasteiger partial charge is 0.356 e. The minimum atomic E-state index is -0.795. The van der Waals surface area contributed by atoms with E-state index < -0.39 is 11.9 Å². The van der Waals surface area contributed by atoms with Gasteiger partial charge in [0, 0.05) is 30.4 Å². The van der Waals surface area contributed by atoms with Gasteiger partial charge in [-0.05, 0) is 82.8 Å². The zero-order valence-corrected chi connectivity index (χ0v) is 31.5. The van der Waals surface area contributed by atoms with Crippen LogP contribution in [0.2, 0.25) is 0 Å². The molecule has 6 amide bonds. The van der Waals surface area contributed by atoms with Gasteiger partial charge < -0.3 is 21.3 Å². The Hall–Kier alpha value is -3.85. The number of halogens is 1. The third-order valence-electron chi connectivity index (χ3n) is 9.89. The van der Waals surface area contributed by atoms with Crippen LogP contribution in [0.1, 0.15) is 63.4 Å². The van der Waals surface area contributed by atoms with Gasteiger partial charge in [-0.3, -0.25) is 30.0 Å². The molecule has 0 radical (unpaired) electrons. The van der Waals surface area contributed by atoms with Crippen molar-refractivity contribution >= 4 is 96.3 Å². The van der Waals surface area contributed by atoms with Gasteiger partial charge in [-0.1, -0.05) is 83.6 Å². The van der Waals surface area contributed by atoms with Crippen molar-refractivity contribution in [3.8, 4) is 0 Å². The number of carbonyl (C=O) groups excluding carboxylic acids is 5. The lowest BCUT2D eigenvalue weighted by Gasteiger charge is -2.18. The highest BCUT2D eigenvalue weighted by Crippen LogP contribution is 2.36. The van der Waals surface area contributed by atoms with E-state index in [1.807, 2.05) is 34.4 Å². The van der Waals surface area contributed by atoms with Crippen LogP contribution in [0.5, 0.6) is 0 Å². The number of fused-ring (bicyclic) bond motifs is 1. The normalized spacial score (nSPS) is 18.7. The first-order valence-electron chi connectivity index (χ1n) is 17.9. The number of urea groups is 1. The van der Waals surface area contributed by atoms with E-state index in [0.717, 1.165) is 31.4 Å². The predicted octanol–water partition coefficient (Wildman–Crippen LogP) is 4.99. The summed E-state index contributed by atoms with van der Waals surface area (Å²) >= 11 is 3.78. The maximum Gasteiger partial charge on any atom is 0.315 e. The Labute approximate surface area is 315 Å². The van der Waals surface area contributed by atoms with Crippen molar-refractivity contribution in [3.63, 3.8) is 0 Å². The van der Waals surface area contributed by atoms with E-state index in [2.05, 4.69) is 86.7 Å². The number of nitrogens with one attached hydrogen (secondary N) is 6. The molecule has 13 heteroatoms. The number of thioether (sulfide) groups is 1. The van der Waals surface area contributed by atoms with Crippen LogP contribution in [-0.2, 0) is 25.6 Å². The second-order valence-electron chi connectivity index (χ2n) is 13.4. The molecule has 2 aliphatic heterocycles. The lowest BCUT2D eigenvalue weighted by atomic mass is 9.90. The summed E-state index contributed by atoms with van der Waals surface area (Å²) in [5.74, 6) is -0.139. The predicted molar refractivity (Wildman–Crippen MR) is 211 cm³/mol. The van der Waals surface area contributed by atoms with Crippen molar-refractivity contribution in [1.82, 2.24) is 32.1 Å². The lowest BCUT2D eigenvalue weighted by Crippen LogP contribution is -2.52. The Balaban J connectivity index is 0.869. The molecular weight excluding hydrogens is 779 g/mol. The Morgan fingerprint density at radius 2 is 1.55 bits per heavy atom. The van der Waals surface area contributed by atoms with Crippen LogP contribution in [0.4, 0.5) is 4.79 Å². The average molecular weight is 825 g/mol. The van der Waals surface area contributed by atoms with Gasteiger partial charge >= 0.3 is 6.03 Å². The molecule has 4 aromatic carbocycles. The van der Waals surface area contributed by atoms with E-state index in [1.54, 1.807) is 0 Å². The molecule has 0 aliphatic carbocycles. The number of benzene rings is 4. The highest BCUT2D eigenvalue weighted by molar-refractivity contribution is 14.1. The van der Waals surface area contributed by atoms with Crippen molar-refractivity contribution in [3.05, 3.63) is 60.2 Å². The molecule has 0 spiro atoms. The maximum absolute atomic E-state index is 12.9. The van der Waals surface area contributed by atoms with Gasteiger partial charge in [0.2, 0.25) is 17.7 Å². The van der Waals surface area contributed by atoms with Crippen molar-refractivity contribution in [2.24, 2.45) is 0 Å². The fourth-order valence-electron chi connectivity index (χ4n) is 7.30. The minimum Gasteiger partial charge on any atom is -0.356 e. The van der Waals surface area contributed by atoms with E-state index in [9.17, 15) is 24.0 Å². The van der Waals surface area contributed by atoms with E-state index in [-0.39, 0.29) is 46.7 Å². The van der Waals surface area contributed by atoms with Gasteiger partial charge in [-0.25, -0.2) is 4.79 Å². The van der Waals surface area contributed by atoms with Gasteiger partial charge in [0.1, 0.15) is 6.04 Å². The average Bonchev–Trinajstić information content (AvgIpc) is 3.69. The molecule has 6 N–H and O–H groups in total. The Morgan fingerprint density at radius 3 is 2.35 bits per heavy atom. The first-order valence-corrected chi connectivity index (χ1v) is 20.4. The Bertz CT molecular complexity index is 1870. The minimum absolute atomic E-state index is 0.00330. The number of hydrazine groups is 1. The second kappa shape index (κ2) is 17.6. The summed E-state index contributed by atoms with van der Waals surface area (Å²) in [5.41, 5.74) is 6.19. The molecule has 51 heavy (non-hydrogen) atoms. The molecule has 0 unspecified atom stereocenters. The van der Waals surface area contributed by atoms with Crippen molar-refractivity contribution in [2.45, 2.75) is 87.6 Å². The number of carbonyl (C=O) groups is 5. The topological polar surface area (TPSA) is 158 Å². The van der Waals surface area contributed by atoms with Crippen LogP contribution in [0, 0.1) is 0 Å². The summed E-state index contributed by atoms with van der Waals surface area (Å²) in [4.78, 5) is 61.6. The van der Waals surface area contributed by atoms with Gasteiger partial charge in [-0.15, -0.1) is 0 Å². The van der Waals surface area contributed by atoms with Crippen LogP contribution < -0.4 is 32.1 Å². The van der Waals surface area contributed by atoms with Gasteiger partial charge in [0.05, 0.1) is 16.5 Å². The molecule has 2 heterocycles. The first kappa shape index (κ1) is 36.9. The molecule has 4 atom stereocenters. The smallest absolute Gasteiger partial charge is 0.315 e. The Kier molecular flexibility index (Phi) is 12.7. The van der Waals surface area contributed by atoms with Gasteiger partial charge in [0.15, 0.2) is 0 Å². The fraction of sp³-hybridized carbons (Fsp3) is 0.447. The van der Waals surface area contributed by atoms with Crippen LogP contribution in [0.3, 0.4) is 0 Å². The first-order chi connectivity index (χ1) is 24.8. The number of amides is 6. The molecule has 2 aliphatic rings. The summed E-state index contributed by atoms with van der Waals surface area (Å²) in [6.45, 7) is 0.479. The molecule has 270 valence electrons. The molecule has 2 fully saturated rings. The zero-order chi connectivity index (χ0) is 35.7. The maximum atomic E-state index is 12.9. The van der Waals surface area contributed by atoms with Crippen molar-refractivity contribution in [1.29, 1.82) is 0 Å². The highest BCUT2D eigenvalue weighted by atomic mass is 127. The third kappa shape index (κ3) is 9.34. The van der Waals surface area contributed by atoms with E-state index in [4.69, 9.17) is 0 Å². The second-order valence-corrected chi connectivity index (χ2v) is 15.5. The van der Waals surface area contributed by atoms with Crippen molar-refractivity contribution in [2.75, 3.05) is 16.7 Å². The quantitative estimate of drug-likeness (QED) is 0.0220. The number of unbranched alkanes of at least 4 members (excludes halogenated alkanes) is 2. The number of hydrogen-bond acceptors (Lipinski definition) is 6. The fourth-order valence-corrected chi connectivity index (χ4v) is 9.06. The van der Waals surface area contributed by atoms with E-state index in [0.29, 0.717) is 43.9 Å². The molecule has 0 saturated carbocycles. The highest BCUT2D eigenvalue weighted by Gasteiger charge is 2.42. The van der Waals surface area contributed by atoms with Crippen LogP contribution in [0.25, 0.3) is 32.3 Å². The monoisotopic (exact) mass is 824 g/mol. The van der Waals surface area contributed by atoms with Gasteiger partial charge in [-0.2, -0.15) is 11.8 Å². The summed E-state index contributed by atoms with van der Waals surface area (Å²) in [6, 6.07) is 18.9. The van der Waals surface area contributed by atoms with E-state index >= 15 is 0 Å². The standard InChI is InChI=1S/C38H45IN6O5S/c39-21-33(48)41-28(37(49)45-44-32(47)12-2-1-11-30-36-29(22-51-30)42-38(50)43-36)10-3-4-20-40-31(46)13-6-7-23-14-15-26-17-16-24-8-5-9-25-18-19-27(23)35(26)34(24)25/h5,8-9,14-19,28-30,36H,1-4,6-7,10-13,20-22H2,(H,40,46)(H,41,48)(H,44,47)(H,45,49)(H2,42,43,50)/t28-,29+,30+,36+/m1/s1. The van der Waals surface area contributed by atoms with Gasteiger partial charge in [0.25, 0.3) is 5.91 Å². The summed E-state index contributed by atoms with van der Waals surface area (Å²) in [5, 5.41) is 19.5. The summed E-state index contributed by atoms with van der Waals surface area (Å²) in [7, 11) is 0. The summed E-state index contributed by atoms with van der Waals surface area (Å²) in [6.07, 6.45) is 6.28. The van der Waals surface area contributed by atoms with E-state index in [1.165, 1.54) is 37.9 Å². The molecule has 2 saturated heterocycles. The van der Waals surface area contributed by atoms with Crippen LogP contribution in [0.15, 0.2) is 54.6 Å². The molecular formula is C38H45IN6O5S. The van der Waals surface area contributed by atoms with Crippen molar-refractivity contribution < 1.29 is 24.0 Å². The zero-order valence-electron chi connectivity index (χ0n) is 28.5. The lowest BCUT2D eigenvalue weighted by molar-refractivity contribution is -0.131. The molecule has 11 nitrogen and oxygen atoms in total. The molecule has 0 aromatic heterocycles. The summed E-state index contributed by atoms with van der Waals surface area (Å²) < 4.78 is 0.208. The third-order valence-corrected chi connectivity index (χ3v) is 12.1. The number of hydrogen-bond donors (Lipinski definition) is 6. The number of alkyl halides is 1. The van der Waals surface area contributed by atoms with Crippen LogP contribution >= 0.6 is 34.4 Å².